The van der Waals surface area contributed by atoms with E-state index in [-0.39, 0.29) is 5.97 Å². The van der Waals surface area contributed by atoms with Crippen LogP contribution >= 0.6 is 0 Å². The molecule has 0 atom stereocenters. The lowest BCUT2D eigenvalue weighted by Gasteiger charge is -2.05. The average Bonchev–Trinajstić information content (AvgIpc) is 2.38. The van der Waals surface area contributed by atoms with Crippen LogP contribution < -0.4 is 5.32 Å². The maximum atomic E-state index is 11.3. The molecule has 0 saturated heterocycles. The third kappa shape index (κ3) is 13.5. The van der Waals surface area contributed by atoms with Crippen molar-refractivity contribution in [2.45, 2.75) is 71.6 Å². The third-order valence-electron chi connectivity index (χ3n) is 2.95. The minimum atomic E-state index is -0.0305. The highest BCUT2D eigenvalue weighted by Gasteiger charge is 2.01. The van der Waals surface area contributed by atoms with E-state index in [9.17, 15) is 4.79 Å². The lowest BCUT2D eigenvalue weighted by Crippen LogP contribution is -2.17. The fraction of sp³-hybridized carbons (Fsp3) is 0.933. The van der Waals surface area contributed by atoms with Gasteiger partial charge >= 0.3 is 5.97 Å². The highest BCUT2D eigenvalue weighted by atomic mass is 16.5. The molecule has 0 heterocycles. The van der Waals surface area contributed by atoms with Crippen molar-refractivity contribution in [3.63, 3.8) is 0 Å². The van der Waals surface area contributed by atoms with Crippen molar-refractivity contribution < 1.29 is 9.53 Å². The van der Waals surface area contributed by atoms with Gasteiger partial charge in [0.25, 0.3) is 0 Å². The van der Waals surface area contributed by atoms with Crippen molar-refractivity contribution in [2.24, 2.45) is 0 Å². The number of nitrogens with one attached hydrogen (secondary N) is 1. The second-order valence-corrected chi connectivity index (χ2v) is 4.84. The minimum Gasteiger partial charge on any atom is -0.466 e. The van der Waals surface area contributed by atoms with E-state index in [0.717, 1.165) is 38.8 Å². The zero-order chi connectivity index (χ0) is 13.5. The van der Waals surface area contributed by atoms with Crippen molar-refractivity contribution in [3.8, 4) is 0 Å². The monoisotopic (exact) mass is 257 g/mol. The SMILES string of the molecule is CCCCCNCCCCC(=O)OCCCCC. The van der Waals surface area contributed by atoms with Crippen molar-refractivity contribution in [1.29, 1.82) is 0 Å². The molecule has 0 rings (SSSR count). The molecule has 1 N–H and O–H groups in total. The Labute approximate surface area is 113 Å². The summed E-state index contributed by atoms with van der Waals surface area (Å²) in [4.78, 5) is 11.3. The number of unbranched alkanes of at least 4 members (excludes halogenated alkanes) is 5. The van der Waals surface area contributed by atoms with Gasteiger partial charge in [-0.05, 0) is 38.8 Å². The third-order valence-corrected chi connectivity index (χ3v) is 2.95. The number of carbonyl (C=O) groups is 1. The van der Waals surface area contributed by atoms with Gasteiger partial charge in [0.15, 0.2) is 0 Å². The molecular weight excluding hydrogens is 226 g/mol. The van der Waals surface area contributed by atoms with Gasteiger partial charge in [0.2, 0.25) is 0 Å². The zero-order valence-corrected chi connectivity index (χ0v) is 12.3. The van der Waals surface area contributed by atoms with Crippen LogP contribution in [0.3, 0.4) is 0 Å². The normalized spacial score (nSPS) is 10.6. The van der Waals surface area contributed by atoms with Crippen LogP contribution in [0.15, 0.2) is 0 Å². The number of hydrogen-bond acceptors (Lipinski definition) is 3. The van der Waals surface area contributed by atoms with Crippen LogP contribution in [0.4, 0.5) is 0 Å². The minimum absolute atomic E-state index is 0.0305. The first-order chi connectivity index (χ1) is 8.81. The van der Waals surface area contributed by atoms with E-state index in [1.165, 1.54) is 25.7 Å². The smallest absolute Gasteiger partial charge is 0.305 e. The molecule has 0 saturated carbocycles. The molecular formula is C15H31NO2. The van der Waals surface area contributed by atoms with Gasteiger partial charge < -0.3 is 10.1 Å². The summed E-state index contributed by atoms with van der Waals surface area (Å²) in [5.41, 5.74) is 0. The van der Waals surface area contributed by atoms with Crippen LogP contribution in [0.1, 0.15) is 71.6 Å². The van der Waals surface area contributed by atoms with Crippen molar-refractivity contribution in [1.82, 2.24) is 5.32 Å². The molecule has 0 radical (unpaired) electrons. The maximum absolute atomic E-state index is 11.3. The Morgan fingerprint density at radius 1 is 0.889 bits per heavy atom. The Morgan fingerprint density at radius 3 is 2.17 bits per heavy atom. The quantitative estimate of drug-likeness (QED) is 0.404. The van der Waals surface area contributed by atoms with Gasteiger partial charge in [-0.1, -0.05) is 39.5 Å². The van der Waals surface area contributed by atoms with E-state index in [4.69, 9.17) is 4.74 Å². The largest absolute Gasteiger partial charge is 0.466 e. The summed E-state index contributed by atoms with van der Waals surface area (Å²) in [6, 6.07) is 0. The topological polar surface area (TPSA) is 38.3 Å². The Hall–Kier alpha value is -0.570. The van der Waals surface area contributed by atoms with Gasteiger partial charge in [0.05, 0.1) is 6.61 Å². The molecule has 0 fully saturated rings. The molecule has 3 heteroatoms. The van der Waals surface area contributed by atoms with Crippen LogP contribution in [0, 0.1) is 0 Å². The summed E-state index contributed by atoms with van der Waals surface area (Å²) in [6.45, 7) is 7.09. The number of hydrogen-bond donors (Lipinski definition) is 1. The molecule has 0 aromatic carbocycles. The summed E-state index contributed by atoms with van der Waals surface area (Å²) in [6.07, 6.45) is 9.72. The highest BCUT2D eigenvalue weighted by Crippen LogP contribution is 2.00. The van der Waals surface area contributed by atoms with E-state index >= 15 is 0 Å². The van der Waals surface area contributed by atoms with Crippen LogP contribution in [0.25, 0.3) is 0 Å². The average molecular weight is 257 g/mol. The van der Waals surface area contributed by atoms with Crippen molar-refractivity contribution in [3.05, 3.63) is 0 Å². The van der Waals surface area contributed by atoms with Crippen LogP contribution in [0.5, 0.6) is 0 Å². The Bertz CT molecular complexity index is 183. The van der Waals surface area contributed by atoms with E-state index in [0.29, 0.717) is 13.0 Å². The first-order valence-corrected chi connectivity index (χ1v) is 7.67. The predicted octanol–water partition coefficient (Wildman–Crippen LogP) is 3.67. The summed E-state index contributed by atoms with van der Waals surface area (Å²) in [5.74, 6) is -0.0305. The molecule has 18 heavy (non-hydrogen) atoms. The first-order valence-electron chi connectivity index (χ1n) is 7.67. The molecule has 0 aromatic heterocycles. The Balaban J connectivity index is 3.10. The molecule has 0 aliphatic heterocycles. The highest BCUT2D eigenvalue weighted by molar-refractivity contribution is 5.69. The van der Waals surface area contributed by atoms with E-state index in [1.54, 1.807) is 0 Å². The molecule has 0 bridgehead atoms. The second-order valence-electron chi connectivity index (χ2n) is 4.84. The van der Waals surface area contributed by atoms with Gasteiger partial charge in [0.1, 0.15) is 0 Å². The van der Waals surface area contributed by atoms with Crippen LogP contribution in [-0.4, -0.2) is 25.7 Å². The Kier molecular flexibility index (Phi) is 14.0. The number of ether oxygens (including phenoxy) is 1. The molecule has 0 spiro atoms. The van der Waals surface area contributed by atoms with Gasteiger partial charge in [-0.15, -0.1) is 0 Å². The predicted molar refractivity (Wildman–Crippen MR) is 76.7 cm³/mol. The first kappa shape index (κ1) is 17.4. The number of carbonyl (C=O) groups excluding carboxylic acids is 1. The van der Waals surface area contributed by atoms with E-state index < -0.39 is 0 Å². The Morgan fingerprint density at radius 2 is 1.50 bits per heavy atom. The lowest BCUT2D eigenvalue weighted by molar-refractivity contribution is -0.143. The second kappa shape index (κ2) is 14.5. The lowest BCUT2D eigenvalue weighted by atomic mass is 10.2. The van der Waals surface area contributed by atoms with Gasteiger partial charge in [-0.25, -0.2) is 0 Å². The summed E-state index contributed by atoms with van der Waals surface area (Å²) in [7, 11) is 0. The summed E-state index contributed by atoms with van der Waals surface area (Å²) < 4.78 is 5.14. The fourth-order valence-corrected chi connectivity index (χ4v) is 1.75. The molecule has 0 unspecified atom stereocenters. The van der Waals surface area contributed by atoms with Crippen molar-refractivity contribution in [2.75, 3.05) is 19.7 Å². The molecule has 0 aliphatic rings. The van der Waals surface area contributed by atoms with Gasteiger partial charge in [-0.2, -0.15) is 0 Å². The van der Waals surface area contributed by atoms with Crippen molar-refractivity contribution >= 4 is 5.97 Å². The van der Waals surface area contributed by atoms with Crippen LogP contribution in [-0.2, 0) is 9.53 Å². The summed E-state index contributed by atoms with van der Waals surface area (Å²) in [5, 5.41) is 3.40. The number of esters is 1. The van der Waals surface area contributed by atoms with E-state index in [2.05, 4.69) is 19.2 Å². The van der Waals surface area contributed by atoms with E-state index in [1.807, 2.05) is 0 Å². The standard InChI is InChI=1S/C15H31NO2/c1-3-5-8-12-16-13-9-7-11-15(17)18-14-10-6-4-2/h16H,3-14H2,1-2H3. The fourth-order valence-electron chi connectivity index (χ4n) is 1.75. The maximum Gasteiger partial charge on any atom is 0.305 e. The molecule has 3 nitrogen and oxygen atoms in total. The van der Waals surface area contributed by atoms with Gasteiger partial charge in [0, 0.05) is 6.42 Å². The molecule has 0 aliphatic carbocycles. The zero-order valence-electron chi connectivity index (χ0n) is 12.3. The molecule has 108 valence electrons. The van der Waals surface area contributed by atoms with Gasteiger partial charge in [-0.3, -0.25) is 4.79 Å². The molecule has 0 amide bonds. The number of rotatable bonds is 13. The van der Waals surface area contributed by atoms with Crippen LogP contribution in [0.2, 0.25) is 0 Å². The molecule has 0 aromatic rings. The summed E-state index contributed by atoms with van der Waals surface area (Å²) >= 11 is 0.